The highest BCUT2D eigenvalue weighted by atomic mass is 19.1. The molecule has 2 aromatic heterocycles. The summed E-state index contributed by atoms with van der Waals surface area (Å²) in [5.74, 6) is -0.713. The van der Waals surface area contributed by atoms with Gasteiger partial charge in [0.1, 0.15) is 11.5 Å². The molecule has 2 heterocycles. The molecule has 0 aliphatic carbocycles. The molecule has 3 rings (SSSR count). The highest BCUT2D eigenvalue weighted by Gasteiger charge is 2.12. The monoisotopic (exact) mass is 284 g/mol. The Balaban J connectivity index is 2.00. The Morgan fingerprint density at radius 3 is 2.71 bits per heavy atom. The van der Waals surface area contributed by atoms with E-state index in [0.717, 1.165) is 11.1 Å². The standard InChI is InChI=1S/C16H13FN2O2/c1-2-21-16(20)14-10-19-8-7-12(9-15(19)18-14)11-3-5-13(17)6-4-11/h3-10H,2H2,1H3. The fourth-order valence-corrected chi connectivity index (χ4v) is 2.11. The minimum absolute atomic E-state index is 0.271. The second-order valence-electron chi connectivity index (χ2n) is 4.53. The molecule has 3 aromatic rings. The molecular formula is C16H13FN2O2. The lowest BCUT2D eigenvalue weighted by atomic mass is 10.1. The van der Waals surface area contributed by atoms with Crippen LogP contribution < -0.4 is 0 Å². The number of carbonyl (C=O) groups is 1. The predicted molar refractivity (Wildman–Crippen MR) is 76.5 cm³/mol. The number of aromatic nitrogens is 2. The van der Waals surface area contributed by atoms with Crippen LogP contribution >= 0.6 is 0 Å². The van der Waals surface area contributed by atoms with E-state index < -0.39 is 5.97 Å². The van der Waals surface area contributed by atoms with Gasteiger partial charge in [-0.25, -0.2) is 14.2 Å². The summed E-state index contributed by atoms with van der Waals surface area (Å²) < 4.78 is 19.6. The van der Waals surface area contributed by atoms with Crippen LogP contribution in [0, 0.1) is 5.82 Å². The lowest BCUT2D eigenvalue weighted by Crippen LogP contribution is -2.04. The van der Waals surface area contributed by atoms with Gasteiger partial charge < -0.3 is 9.14 Å². The highest BCUT2D eigenvalue weighted by Crippen LogP contribution is 2.21. The number of imidazole rings is 1. The van der Waals surface area contributed by atoms with E-state index in [1.807, 2.05) is 18.3 Å². The number of halogens is 1. The Bertz CT molecular complexity index is 794. The molecule has 0 atom stereocenters. The third kappa shape index (κ3) is 2.63. The number of carbonyl (C=O) groups excluding carboxylic acids is 1. The van der Waals surface area contributed by atoms with Crippen molar-refractivity contribution in [3.05, 3.63) is 60.3 Å². The third-order valence-electron chi connectivity index (χ3n) is 3.12. The first-order valence-electron chi connectivity index (χ1n) is 6.59. The van der Waals surface area contributed by atoms with Gasteiger partial charge in [-0.05, 0) is 42.3 Å². The van der Waals surface area contributed by atoms with Crippen LogP contribution in [0.1, 0.15) is 17.4 Å². The van der Waals surface area contributed by atoms with Crippen LogP contribution in [-0.2, 0) is 4.74 Å². The maximum Gasteiger partial charge on any atom is 0.358 e. The van der Waals surface area contributed by atoms with Crippen molar-refractivity contribution in [3.63, 3.8) is 0 Å². The molecule has 0 N–H and O–H groups in total. The fourth-order valence-electron chi connectivity index (χ4n) is 2.11. The molecule has 0 bridgehead atoms. The van der Waals surface area contributed by atoms with E-state index in [4.69, 9.17) is 4.74 Å². The molecule has 0 spiro atoms. The summed E-state index contributed by atoms with van der Waals surface area (Å²) in [6.07, 6.45) is 3.44. The molecule has 0 aliphatic rings. The van der Waals surface area contributed by atoms with Crippen molar-refractivity contribution in [2.45, 2.75) is 6.92 Å². The molecule has 21 heavy (non-hydrogen) atoms. The van der Waals surface area contributed by atoms with Gasteiger partial charge in [-0.2, -0.15) is 0 Å². The average Bonchev–Trinajstić information content (AvgIpc) is 2.91. The number of hydrogen-bond donors (Lipinski definition) is 0. The second-order valence-corrected chi connectivity index (χ2v) is 4.53. The normalized spacial score (nSPS) is 10.8. The molecule has 0 radical (unpaired) electrons. The van der Waals surface area contributed by atoms with Gasteiger partial charge in [0.25, 0.3) is 0 Å². The first-order chi connectivity index (χ1) is 10.2. The largest absolute Gasteiger partial charge is 0.461 e. The fraction of sp³-hybridized carbons (Fsp3) is 0.125. The van der Waals surface area contributed by atoms with Crippen molar-refractivity contribution >= 4 is 11.6 Å². The minimum Gasteiger partial charge on any atom is -0.461 e. The Hall–Kier alpha value is -2.69. The van der Waals surface area contributed by atoms with Gasteiger partial charge in [-0.1, -0.05) is 12.1 Å². The topological polar surface area (TPSA) is 43.6 Å². The number of hydrogen-bond acceptors (Lipinski definition) is 3. The van der Waals surface area contributed by atoms with Crippen molar-refractivity contribution in [1.82, 2.24) is 9.38 Å². The number of benzene rings is 1. The van der Waals surface area contributed by atoms with Crippen LogP contribution in [0.4, 0.5) is 4.39 Å². The van der Waals surface area contributed by atoms with Gasteiger partial charge in [0.15, 0.2) is 5.69 Å². The summed E-state index contributed by atoms with van der Waals surface area (Å²) >= 11 is 0. The lowest BCUT2D eigenvalue weighted by Gasteiger charge is -2.02. The molecule has 0 saturated heterocycles. The summed E-state index contributed by atoms with van der Waals surface area (Å²) in [7, 11) is 0. The maximum absolute atomic E-state index is 13.0. The molecule has 0 fully saturated rings. The zero-order valence-electron chi connectivity index (χ0n) is 11.4. The highest BCUT2D eigenvalue weighted by molar-refractivity contribution is 5.88. The Morgan fingerprint density at radius 2 is 2.00 bits per heavy atom. The maximum atomic E-state index is 13.0. The van der Waals surface area contributed by atoms with Crippen molar-refractivity contribution in [2.24, 2.45) is 0 Å². The van der Waals surface area contributed by atoms with E-state index in [1.54, 1.807) is 29.7 Å². The number of pyridine rings is 1. The smallest absolute Gasteiger partial charge is 0.358 e. The van der Waals surface area contributed by atoms with E-state index in [9.17, 15) is 9.18 Å². The van der Waals surface area contributed by atoms with Crippen LogP contribution in [0.2, 0.25) is 0 Å². The van der Waals surface area contributed by atoms with Crippen LogP contribution in [-0.4, -0.2) is 22.0 Å². The Morgan fingerprint density at radius 1 is 1.24 bits per heavy atom. The van der Waals surface area contributed by atoms with Gasteiger partial charge in [0.2, 0.25) is 0 Å². The molecule has 5 heteroatoms. The number of nitrogens with zero attached hydrogens (tertiary/aromatic N) is 2. The van der Waals surface area contributed by atoms with E-state index in [2.05, 4.69) is 4.98 Å². The number of ether oxygens (including phenoxy) is 1. The third-order valence-corrected chi connectivity index (χ3v) is 3.12. The summed E-state index contributed by atoms with van der Waals surface area (Å²) in [4.78, 5) is 15.9. The van der Waals surface area contributed by atoms with E-state index >= 15 is 0 Å². The Labute approximate surface area is 120 Å². The summed E-state index contributed by atoms with van der Waals surface area (Å²) in [5.41, 5.74) is 2.70. The second kappa shape index (κ2) is 5.36. The first-order valence-corrected chi connectivity index (χ1v) is 6.59. The minimum atomic E-state index is -0.440. The quantitative estimate of drug-likeness (QED) is 0.693. The van der Waals surface area contributed by atoms with Crippen LogP contribution in [0.15, 0.2) is 48.8 Å². The van der Waals surface area contributed by atoms with Crippen molar-refractivity contribution < 1.29 is 13.9 Å². The molecule has 0 saturated carbocycles. The van der Waals surface area contributed by atoms with Crippen molar-refractivity contribution in [2.75, 3.05) is 6.61 Å². The van der Waals surface area contributed by atoms with Gasteiger partial charge in [0.05, 0.1) is 6.61 Å². The average molecular weight is 284 g/mol. The van der Waals surface area contributed by atoms with E-state index in [1.165, 1.54) is 12.1 Å². The Kier molecular flexibility index (Phi) is 3.39. The molecule has 0 unspecified atom stereocenters. The summed E-state index contributed by atoms with van der Waals surface area (Å²) in [6, 6.07) is 9.96. The number of esters is 1. The zero-order valence-corrected chi connectivity index (χ0v) is 11.4. The van der Waals surface area contributed by atoms with Gasteiger partial charge in [-0.3, -0.25) is 0 Å². The van der Waals surface area contributed by atoms with E-state index in [-0.39, 0.29) is 11.5 Å². The molecular weight excluding hydrogens is 271 g/mol. The number of fused-ring (bicyclic) bond motifs is 1. The van der Waals surface area contributed by atoms with Gasteiger partial charge >= 0.3 is 5.97 Å². The first kappa shape index (κ1) is 13.3. The summed E-state index contributed by atoms with van der Waals surface area (Å²) in [6.45, 7) is 2.06. The van der Waals surface area contributed by atoms with E-state index in [0.29, 0.717) is 12.3 Å². The molecule has 1 aromatic carbocycles. The SMILES string of the molecule is CCOC(=O)c1cn2ccc(-c3ccc(F)cc3)cc2n1. The van der Waals surface area contributed by atoms with Crippen LogP contribution in [0.5, 0.6) is 0 Å². The van der Waals surface area contributed by atoms with Crippen LogP contribution in [0.25, 0.3) is 16.8 Å². The molecule has 0 amide bonds. The lowest BCUT2D eigenvalue weighted by molar-refractivity contribution is 0.0520. The molecule has 0 aliphatic heterocycles. The molecule has 4 nitrogen and oxygen atoms in total. The van der Waals surface area contributed by atoms with Crippen molar-refractivity contribution in [1.29, 1.82) is 0 Å². The predicted octanol–water partition coefficient (Wildman–Crippen LogP) is 3.32. The van der Waals surface area contributed by atoms with Crippen LogP contribution in [0.3, 0.4) is 0 Å². The molecule has 106 valence electrons. The summed E-state index contributed by atoms with van der Waals surface area (Å²) in [5, 5.41) is 0. The van der Waals surface area contributed by atoms with Crippen molar-refractivity contribution in [3.8, 4) is 11.1 Å². The van der Waals surface area contributed by atoms with Gasteiger partial charge in [0, 0.05) is 12.4 Å². The number of rotatable bonds is 3. The zero-order chi connectivity index (χ0) is 14.8. The van der Waals surface area contributed by atoms with Gasteiger partial charge in [-0.15, -0.1) is 0 Å².